The molecule has 18 heavy (non-hydrogen) atoms. The van der Waals surface area contributed by atoms with E-state index in [1.807, 2.05) is 0 Å². The molecule has 0 spiro atoms. The molecular formula is C10H13N3O5. The largest absolute Gasteiger partial charge is 0.391 e. The van der Waals surface area contributed by atoms with Crippen molar-refractivity contribution in [2.45, 2.75) is 30.5 Å². The standard InChI is InChI=1S/C10H13N3O5/c1-11-10(4-14)7(16)6-8(18-10)13-3-2-5(15)12-9(13)17-6/h2-3,6-9,14,16H,1,4H2,(H,12,15)/t6-,7-,8+,9?,10+/m0/s1. The Labute approximate surface area is 102 Å². The van der Waals surface area contributed by atoms with Gasteiger partial charge in [0.1, 0.15) is 12.2 Å². The molecule has 3 rings (SSSR count). The van der Waals surface area contributed by atoms with Crippen LogP contribution in [0.5, 0.6) is 0 Å². The summed E-state index contributed by atoms with van der Waals surface area (Å²) in [5, 5.41) is 22.0. The van der Waals surface area contributed by atoms with Crippen LogP contribution in [0.2, 0.25) is 0 Å². The minimum atomic E-state index is -1.48. The molecule has 0 aromatic heterocycles. The molecule has 3 heterocycles. The lowest BCUT2D eigenvalue weighted by molar-refractivity contribution is -0.160. The molecule has 3 aliphatic rings. The number of hydrogen-bond donors (Lipinski definition) is 3. The van der Waals surface area contributed by atoms with Gasteiger partial charge in [-0.15, -0.1) is 0 Å². The van der Waals surface area contributed by atoms with Crippen molar-refractivity contribution >= 4 is 12.6 Å². The monoisotopic (exact) mass is 255 g/mol. The zero-order valence-corrected chi connectivity index (χ0v) is 9.39. The minimum Gasteiger partial charge on any atom is -0.391 e. The lowest BCUT2D eigenvalue weighted by Crippen LogP contribution is -2.51. The minimum absolute atomic E-state index is 0.277. The van der Waals surface area contributed by atoms with E-state index < -0.39 is 37.1 Å². The van der Waals surface area contributed by atoms with Gasteiger partial charge in [-0.2, -0.15) is 0 Å². The zero-order valence-electron chi connectivity index (χ0n) is 9.39. The van der Waals surface area contributed by atoms with Gasteiger partial charge in [-0.3, -0.25) is 9.79 Å². The van der Waals surface area contributed by atoms with Crippen molar-refractivity contribution in [3.63, 3.8) is 0 Å². The Hall–Kier alpha value is -1.48. The third-order valence-corrected chi connectivity index (χ3v) is 3.39. The summed E-state index contributed by atoms with van der Waals surface area (Å²) in [6, 6.07) is 0. The van der Waals surface area contributed by atoms with Crippen LogP contribution in [0.25, 0.3) is 0 Å². The first-order valence-electron chi connectivity index (χ1n) is 5.47. The first-order chi connectivity index (χ1) is 8.61. The van der Waals surface area contributed by atoms with Crippen LogP contribution in [-0.4, -0.2) is 64.9 Å². The molecule has 0 aromatic rings. The van der Waals surface area contributed by atoms with E-state index in [9.17, 15) is 15.0 Å². The smallest absolute Gasteiger partial charge is 0.248 e. The molecule has 0 aliphatic carbocycles. The van der Waals surface area contributed by atoms with Gasteiger partial charge in [-0.1, -0.05) is 0 Å². The second-order valence-corrected chi connectivity index (χ2v) is 4.34. The van der Waals surface area contributed by atoms with Crippen LogP contribution in [0.1, 0.15) is 0 Å². The van der Waals surface area contributed by atoms with Crippen molar-refractivity contribution in [1.29, 1.82) is 0 Å². The van der Waals surface area contributed by atoms with Crippen LogP contribution < -0.4 is 5.32 Å². The predicted octanol–water partition coefficient (Wildman–Crippen LogP) is -2.28. The number of nitrogens with one attached hydrogen (secondary N) is 1. The average Bonchev–Trinajstić information content (AvgIpc) is 2.84. The van der Waals surface area contributed by atoms with Crippen LogP contribution in [-0.2, 0) is 14.3 Å². The van der Waals surface area contributed by atoms with Gasteiger partial charge in [0.15, 0.2) is 6.23 Å². The highest BCUT2D eigenvalue weighted by Crippen LogP contribution is 2.40. The molecule has 3 N–H and O–H groups in total. The average molecular weight is 255 g/mol. The van der Waals surface area contributed by atoms with Crippen LogP contribution in [0.4, 0.5) is 0 Å². The lowest BCUT2D eigenvalue weighted by atomic mass is 10.1. The van der Waals surface area contributed by atoms with E-state index >= 15 is 0 Å². The summed E-state index contributed by atoms with van der Waals surface area (Å²) >= 11 is 0. The Morgan fingerprint density at radius 1 is 1.67 bits per heavy atom. The molecular weight excluding hydrogens is 242 g/mol. The number of fused-ring (bicyclic) bond motifs is 3. The van der Waals surface area contributed by atoms with Gasteiger partial charge in [-0.25, -0.2) is 0 Å². The molecule has 98 valence electrons. The molecule has 8 heteroatoms. The normalized spacial score (nSPS) is 45.7. The summed E-state index contributed by atoms with van der Waals surface area (Å²) in [7, 11) is 0. The van der Waals surface area contributed by atoms with Crippen molar-refractivity contribution in [2.24, 2.45) is 4.99 Å². The van der Waals surface area contributed by atoms with Crippen LogP contribution in [0, 0.1) is 0 Å². The molecule has 5 atom stereocenters. The highest BCUT2D eigenvalue weighted by molar-refractivity contribution is 5.88. The molecule has 2 fully saturated rings. The van der Waals surface area contributed by atoms with Crippen molar-refractivity contribution in [1.82, 2.24) is 10.2 Å². The fourth-order valence-electron chi connectivity index (χ4n) is 2.39. The maximum Gasteiger partial charge on any atom is 0.248 e. The summed E-state index contributed by atoms with van der Waals surface area (Å²) in [5.74, 6) is -0.277. The fraction of sp³-hybridized carbons (Fsp3) is 0.600. The number of rotatable bonds is 2. The van der Waals surface area contributed by atoms with Gasteiger partial charge in [0, 0.05) is 12.3 Å². The van der Waals surface area contributed by atoms with E-state index in [2.05, 4.69) is 17.0 Å². The van der Waals surface area contributed by atoms with E-state index in [0.717, 1.165) is 0 Å². The van der Waals surface area contributed by atoms with Gasteiger partial charge < -0.3 is 29.9 Å². The van der Waals surface area contributed by atoms with Crippen molar-refractivity contribution in [3.05, 3.63) is 12.3 Å². The van der Waals surface area contributed by atoms with Crippen molar-refractivity contribution < 1.29 is 24.5 Å². The highest BCUT2D eigenvalue weighted by atomic mass is 16.7. The third-order valence-electron chi connectivity index (χ3n) is 3.39. The second kappa shape index (κ2) is 3.75. The van der Waals surface area contributed by atoms with E-state index in [-0.39, 0.29) is 5.91 Å². The quantitative estimate of drug-likeness (QED) is 0.480. The van der Waals surface area contributed by atoms with E-state index in [4.69, 9.17) is 9.47 Å². The summed E-state index contributed by atoms with van der Waals surface area (Å²) in [6.07, 6.45) is -0.305. The van der Waals surface area contributed by atoms with Crippen LogP contribution in [0.15, 0.2) is 17.3 Å². The molecule has 0 bridgehead atoms. The number of hydrogen-bond acceptors (Lipinski definition) is 7. The Morgan fingerprint density at radius 2 is 2.44 bits per heavy atom. The Morgan fingerprint density at radius 3 is 3.11 bits per heavy atom. The maximum atomic E-state index is 11.2. The number of carbonyl (C=O) groups excluding carboxylic acids is 1. The highest BCUT2D eigenvalue weighted by Gasteiger charge is 2.61. The first-order valence-corrected chi connectivity index (χ1v) is 5.47. The number of carbonyl (C=O) groups is 1. The number of nitrogens with zero attached hydrogens (tertiary/aromatic N) is 2. The SMILES string of the molecule is C=N[C@]1(CO)O[C@@H]2[C@@H](OC3NC(=O)C=CN32)[C@@H]1O. The summed E-state index contributed by atoms with van der Waals surface area (Å²) in [5.41, 5.74) is -1.48. The molecule has 8 nitrogen and oxygen atoms in total. The molecule has 1 unspecified atom stereocenters. The fourth-order valence-corrected chi connectivity index (χ4v) is 2.39. The Bertz CT molecular complexity index is 428. The lowest BCUT2D eigenvalue weighted by Gasteiger charge is -2.32. The zero-order chi connectivity index (χ0) is 12.9. The van der Waals surface area contributed by atoms with Crippen molar-refractivity contribution in [3.8, 4) is 0 Å². The van der Waals surface area contributed by atoms with Gasteiger partial charge in [0.25, 0.3) is 0 Å². The number of ether oxygens (including phenoxy) is 2. The van der Waals surface area contributed by atoms with Crippen LogP contribution >= 0.6 is 0 Å². The van der Waals surface area contributed by atoms with E-state index in [1.54, 1.807) is 4.90 Å². The third kappa shape index (κ3) is 1.34. The maximum absolute atomic E-state index is 11.2. The molecule has 0 radical (unpaired) electrons. The molecule has 2 saturated heterocycles. The van der Waals surface area contributed by atoms with Gasteiger partial charge in [0.2, 0.25) is 18.0 Å². The molecule has 1 amide bonds. The number of amides is 1. The van der Waals surface area contributed by atoms with Gasteiger partial charge >= 0.3 is 0 Å². The number of aliphatic hydroxyl groups is 2. The number of aliphatic imine (C=N–C) groups is 1. The van der Waals surface area contributed by atoms with E-state index in [0.29, 0.717) is 0 Å². The molecule has 3 aliphatic heterocycles. The summed E-state index contributed by atoms with van der Waals surface area (Å²) in [6.45, 7) is 2.83. The summed E-state index contributed by atoms with van der Waals surface area (Å²) < 4.78 is 11.1. The molecule has 0 saturated carbocycles. The topological polar surface area (TPSA) is 104 Å². The van der Waals surface area contributed by atoms with Gasteiger partial charge in [0.05, 0.1) is 6.61 Å². The second-order valence-electron chi connectivity index (χ2n) is 4.34. The Balaban J connectivity index is 1.89. The first kappa shape index (κ1) is 11.6. The van der Waals surface area contributed by atoms with Crippen molar-refractivity contribution in [2.75, 3.05) is 6.61 Å². The summed E-state index contributed by atoms with van der Waals surface area (Å²) in [4.78, 5) is 16.4. The predicted molar refractivity (Wildman–Crippen MR) is 58.0 cm³/mol. The Kier molecular flexibility index (Phi) is 2.42. The number of aliphatic hydroxyl groups excluding tert-OH is 2. The van der Waals surface area contributed by atoms with Gasteiger partial charge in [-0.05, 0) is 6.72 Å². The van der Waals surface area contributed by atoms with E-state index in [1.165, 1.54) is 12.3 Å². The molecule has 0 aromatic carbocycles. The van der Waals surface area contributed by atoms with Crippen LogP contribution in [0.3, 0.4) is 0 Å².